The molecule has 0 aromatic carbocycles. The molecule has 0 saturated heterocycles. The summed E-state index contributed by atoms with van der Waals surface area (Å²) >= 11 is 0. The number of likely N-dealkylation sites (N-methyl/N-ethyl adjacent to an activating group) is 1. The van der Waals surface area contributed by atoms with Gasteiger partial charge in [-0.2, -0.15) is 5.10 Å². The van der Waals surface area contributed by atoms with E-state index < -0.39 is 5.60 Å². The van der Waals surface area contributed by atoms with Crippen LogP contribution in [0.25, 0.3) is 0 Å². The lowest BCUT2D eigenvalue weighted by Gasteiger charge is -2.22. The second-order valence-corrected chi connectivity index (χ2v) is 3.70. The molecular formula is C9H18N4O. The lowest BCUT2D eigenvalue weighted by Crippen LogP contribution is -2.39. The van der Waals surface area contributed by atoms with Gasteiger partial charge in [0, 0.05) is 19.5 Å². The molecule has 0 saturated carbocycles. The Balaban J connectivity index is 2.67. The number of nitrogens with one attached hydrogen (secondary N) is 1. The minimum Gasteiger partial charge on any atom is -0.388 e. The molecule has 0 aliphatic carbocycles. The Morgan fingerprint density at radius 1 is 1.64 bits per heavy atom. The third-order valence-corrected chi connectivity index (χ3v) is 2.09. The summed E-state index contributed by atoms with van der Waals surface area (Å²) in [4.78, 5) is 4.12. The van der Waals surface area contributed by atoms with Crippen LogP contribution in [0.1, 0.15) is 19.7 Å². The van der Waals surface area contributed by atoms with Gasteiger partial charge in [-0.05, 0) is 20.9 Å². The molecular weight excluding hydrogens is 180 g/mol. The molecule has 5 nitrogen and oxygen atoms in total. The quantitative estimate of drug-likeness (QED) is 0.688. The Kier molecular flexibility index (Phi) is 3.60. The molecule has 1 aromatic rings. The van der Waals surface area contributed by atoms with Crippen LogP contribution >= 0.6 is 0 Å². The van der Waals surface area contributed by atoms with Crippen LogP contribution < -0.4 is 5.32 Å². The van der Waals surface area contributed by atoms with E-state index in [0.717, 1.165) is 12.4 Å². The molecule has 5 heteroatoms. The van der Waals surface area contributed by atoms with Gasteiger partial charge in [-0.25, -0.2) is 4.98 Å². The molecule has 0 amide bonds. The van der Waals surface area contributed by atoms with Gasteiger partial charge >= 0.3 is 0 Å². The maximum atomic E-state index is 9.96. The summed E-state index contributed by atoms with van der Waals surface area (Å²) in [6.45, 7) is 5.12. The first-order valence-corrected chi connectivity index (χ1v) is 4.82. The van der Waals surface area contributed by atoms with Gasteiger partial charge in [0.05, 0.1) is 5.60 Å². The molecule has 1 aromatic heterocycles. The van der Waals surface area contributed by atoms with E-state index in [4.69, 9.17) is 0 Å². The number of aromatic nitrogens is 3. The molecule has 0 aliphatic heterocycles. The predicted molar refractivity (Wildman–Crippen MR) is 54.0 cm³/mol. The highest BCUT2D eigenvalue weighted by molar-refractivity contribution is 4.93. The van der Waals surface area contributed by atoms with Crippen molar-refractivity contribution in [2.45, 2.75) is 32.4 Å². The van der Waals surface area contributed by atoms with Crippen LogP contribution in [-0.2, 0) is 13.0 Å². The van der Waals surface area contributed by atoms with Crippen molar-refractivity contribution in [1.82, 2.24) is 20.1 Å². The van der Waals surface area contributed by atoms with Crippen molar-refractivity contribution >= 4 is 0 Å². The molecule has 14 heavy (non-hydrogen) atoms. The van der Waals surface area contributed by atoms with Crippen molar-refractivity contribution < 1.29 is 5.11 Å². The van der Waals surface area contributed by atoms with Crippen LogP contribution in [-0.4, -0.2) is 39.1 Å². The summed E-state index contributed by atoms with van der Waals surface area (Å²) < 4.78 is 1.80. The molecule has 0 radical (unpaired) electrons. The van der Waals surface area contributed by atoms with Gasteiger partial charge in [0.25, 0.3) is 0 Å². The first-order chi connectivity index (χ1) is 6.59. The Morgan fingerprint density at radius 2 is 2.36 bits per heavy atom. The van der Waals surface area contributed by atoms with E-state index in [2.05, 4.69) is 15.4 Å². The normalized spacial score (nSPS) is 15.4. The van der Waals surface area contributed by atoms with Crippen LogP contribution in [0.5, 0.6) is 0 Å². The van der Waals surface area contributed by atoms with E-state index in [0.29, 0.717) is 13.0 Å². The highest BCUT2D eigenvalue weighted by Gasteiger charge is 2.22. The van der Waals surface area contributed by atoms with Crippen molar-refractivity contribution in [1.29, 1.82) is 0 Å². The average Bonchev–Trinajstić information content (AvgIpc) is 2.50. The lowest BCUT2D eigenvalue weighted by molar-refractivity contribution is 0.0591. The Labute approximate surface area is 84.2 Å². The average molecular weight is 198 g/mol. The molecule has 1 heterocycles. The third-order valence-electron chi connectivity index (χ3n) is 2.09. The Hall–Kier alpha value is -0.940. The molecule has 1 atom stereocenters. The van der Waals surface area contributed by atoms with E-state index in [1.807, 2.05) is 14.0 Å². The van der Waals surface area contributed by atoms with E-state index in [1.165, 1.54) is 6.33 Å². The highest BCUT2D eigenvalue weighted by Crippen LogP contribution is 2.09. The predicted octanol–water partition coefficient (Wildman–Crippen LogP) is -0.189. The fourth-order valence-corrected chi connectivity index (χ4v) is 1.47. The van der Waals surface area contributed by atoms with Gasteiger partial charge in [-0.15, -0.1) is 0 Å². The molecule has 1 unspecified atom stereocenters. The molecule has 2 N–H and O–H groups in total. The zero-order chi connectivity index (χ0) is 10.6. The van der Waals surface area contributed by atoms with Crippen molar-refractivity contribution in [3.63, 3.8) is 0 Å². The smallest absolute Gasteiger partial charge is 0.138 e. The molecule has 80 valence electrons. The summed E-state index contributed by atoms with van der Waals surface area (Å²) in [6, 6.07) is 0. The second-order valence-electron chi connectivity index (χ2n) is 3.70. The SMILES string of the molecule is CCn1ncnc1CC(C)(O)CNC. The van der Waals surface area contributed by atoms with Gasteiger partial charge in [0.1, 0.15) is 12.2 Å². The number of aryl methyl sites for hydroxylation is 1. The summed E-state index contributed by atoms with van der Waals surface area (Å²) in [5.74, 6) is 0.827. The zero-order valence-corrected chi connectivity index (χ0v) is 8.99. The van der Waals surface area contributed by atoms with Crippen molar-refractivity contribution in [3.8, 4) is 0 Å². The Bertz CT molecular complexity index is 282. The maximum Gasteiger partial charge on any atom is 0.138 e. The van der Waals surface area contributed by atoms with Gasteiger partial charge in [0.2, 0.25) is 0 Å². The number of aliphatic hydroxyl groups is 1. The van der Waals surface area contributed by atoms with Crippen LogP contribution in [0.2, 0.25) is 0 Å². The first-order valence-electron chi connectivity index (χ1n) is 4.82. The molecule has 1 rings (SSSR count). The topological polar surface area (TPSA) is 63.0 Å². The van der Waals surface area contributed by atoms with Crippen LogP contribution in [0, 0.1) is 0 Å². The van der Waals surface area contributed by atoms with Gasteiger partial charge < -0.3 is 10.4 Å². The monoisotopic (exact) mass is 198 g/mol. The van der Waals surface area contributed by atoms with Crippen LogP contribution in [0.4, 0.5) is 0 Å². The molecule has 0 bridgehead atoms. The molecule has 0 aliphatic rings. The van der Waals surface area contributed by atoms with E-state index in [-0.39, 0.29) is 0 Å². The zero-order valence-electron chi connectivity index (χ0n) is 8.99. The maximum absolute atomic E-state index is 9.96. The minimum absolute atomic E-state index is 0.516. The van der Waals surface area contributed by atoms with Crippen molar-refractivity contribution in [3.05, 3.63) is 12.2 Å². The van der Waals surface area contributed by atoms with Crippen molar-refractivity contribution in [2.75, 3.05) is 13.6 Å². The fraction of sp³-hybridized carbons (Fsp3) is 0.778. The van der Waals surface area contributed by atoms with E-state index in [9.17, 15) is 5.11 Å². The summed E-state index contributed by atoms with van der Waals surface area (Å²) in [7, 11) is 1.82. The summed E-state index contributed by atoms with van der Waals surface area (Å²) in [6.07, 6.45) is 2.04. The molecule has 0 fully saturated rings. The van der Waals surface area contributed by atoms with Gasteiger partial charge in [-0.3, -0.25) is 4.68 Å². The molecule has 0 spiro atoms. The highest BCUT2D eigenvalue weighted by atomic mass is 16.3. The van der Waals surface area contributed by atoms with Crippen molar-refractivity contribution in [2.24, 2.45) is 0 Å². The van der Waals surface area contributed by atoms with Crippen LogP contribution in [0.3, 0.4) is 0 Å². The third kappa shape index (κ3) is 2.78. The summed E-state index contributed by atoms with van der Waals surface area (Å²) in [5, 5.41) is 17.0. The van der Waals surface area contributed by atoms with E-state index in [1.54, 1.807) is 11.6 Å². The van der Waals surface area contributed by atoms with E-state index >= 15 is 0 Å². The van der Waals surface area contributed by atoms with Gasteiger partial charge in [-0.1, -0.05) is 0 Å². The minimum atomic E-state index is -0.769. The number of hydrogen-bond acceptors (Lipinski definition) is 4. The summed E-state index contributed by atoms with van der Waals surface area (Å²) in [5.41, 5.74) is -0.769. The standard InChI is InChI=1S/C9H18N4O/c1-4-13-8(11-7-12-13)5-9(2,14)6-10-3/h7,10,14H,4-6H2,1-3H3. The van der Waals surface area contributed by atoms with Gasteiger partial charge in [0.15, 0.2) is 0 Å². The Morgan fingerprint density at radius 3 is 2.93 bits per heavy atom. The first kappa shape index (κ1) is 11.1. The number of rotatable bonds is 5. The fourth-order valence-electron chi connectivity index (χ4n) is 1.47. The largest absolute Gasteiger partial charge is 0.388 e. The van der Waals surface area contributed by atoms with Crippen LogP contribution in [0.15, 0.2) is 6.33 Å². The second kappa shape index (κ2) is 4.52. The number of nitrogens with zero attached hydrogens (tertiary/aromatic N) is 3. The lowest BCUT2D eigenvalue weighted by atomic mass is 10.0. The number of hydrogen-bond donors (Lipinski definition) is 2.